The smallest absolute Gasteiger partial charge is 0.200 e. The van der Waals surface area contributed by atoms with Gasteiger partial charge in [0.2, 0.25) is 5.82 Å². The van der Waals surface area contributed by atoms with Crippen LogP contribution in [0.1, 0.15) is 5.56 Å². The van der Waals surface area contributed by atoms with E-state index in [1.807, 2.05) is 0 Å². The fourth-order valence-electron chi connectivity index (χ4n) is 0.908. The summed E-state index contributed by atoms with van der Waals surface area (Å²) in [7, 11) is 4.71. The molecule has 0 atom stereocenters. The Balaban J connectivity index is 3.43. The van der Waals surface area contributed by atoms with Gasteiger partial charge in [-0.15, -0.1) is 0 Å². The summed E-state index contributed by atoms with van der Waals surface area (Å²) in [5.74, 6) is -9.89. The molecule has 0 aliphatic carbocycles. The summed E-state index contributed by atoms with van der Waals surface area (Å²) in [5, 5.41) is 1.80. The Bertz CT molecular complexity index is 339. The first-order valence-electron chi connectivity index (χ1n) is 3.44. The minimum absolute atomic E-state index is 0.647. The second kappa shape index (κ2) is 3.95. The van der Waals surface area contributed by atoms with Gasteiger partial charge in [0, 0.05) is 5.56 Å². The van der Waals surface area contributed by atoms with E-state index in [0.29, 0.717) is 0 Å². The summed E-state index contributed by atoms with van der Waals surface area (Å²) < 4.78 is 63.0. The van der Waals surface area contributed by atoms with Gasteiger partial charge in [-0.2, -0.15) is 0 Å². The average molecular weight is 207 g/mol. The summed E-state index contributed by atoms with van der Waals surface area (Å²) >= 11 is 0. The largest absolute Gasteiger partial charge is 0.589 e. The Kier molecular flexibility index (Phi) is 3.10. The zero-order valence-electron chi connectivity index (χ0n) is 6.67. The third-order valence-electron chi connectivity index (χ3n) is 1.58. The van der Waals surface area contributed by atoms with Gasteiger partial charge in [0.05, 0.1) is 0 Å². The van der Waals surface area contributed by atoms with E-state index in [1.54, 1.807) is 5.23 Å². The van der Waals surface area contributed by atoms with Crippen molar-refractivity contribution in [3.63, 3.8) is 0 Å². The van der Waals surface area contributed by atoms with E-state index in [2.05, 4.69) is 0 Å². The van der Waals surface area contributed by atoms with Crippen molar-refractivity contribution in [1.29, 1.82) is 0 Å². The van der Waals surface area contributed by atoms with Crippen molar-refractivity contribution in [2.75, 3.05) is 0 Å². The van der Waals surface area contributed by atoms with Crippen LogP contribution < -0.4 is 5.23 Å². The minimum Gasteiger partial charge on any atom is -0.589 e. The second-order valence-electron chi connectivity index (χ2n) is 2.43. The lowest BCUT2D eigenvalue weighted by Crippen LogP contribution is -2.15. The van der Waals surface area contributed by atoms with Crippen LogP contribution >= 0.6 is 0 Å². The molecular formula is C7H3BF5N-. The quantitative estimate of drug-likeness (QED) is 0.335. The van der Waals surface area contributed by atoms with Gasteiger partial charge in [0.25, 0.3) is 0 Å². The molecular weight excluding hydrogens is 204 g/mol. The number of rotatable bonds is 2. The maximum absolute atomic E-state index is 12.8. The second-order valence-corrected chi connectivity index (χ2v) is 2.43. The molecule has 1 N–H and O–H groups in total. The Hall–Kier alpha value is -1.11. The molecule has 0 aliphatic rings. The van der Waals surface area contributed by atoms with Crippen molar-refractivity contribution < 1.29 is 22.0 Å². The van der Waals surface area contributed by atoms with Crippen LogP contribution in [0.3, 0.4) is 0 Å². The summed E-state index contributed by atoms with van der Waals surface area (Å²) in [4.78, 5) is 0. The SMILES string of the molecule is [B-]NCc1c(F)c(F)c(F)c(F)c1F. The molecule has 0 amide bonds. The molecule has 75 valence electrons. The van der Waals surface area contributed by atoms with E-state index in [9.17, 15) is 22.0 Å². The third-order valence-corrected chi connectivity index (χ3v) is 1.58. The van der Waals surface area contributed by atoms with Crippen molar-refractivity contribution in [3.8, 4) is 0 Å². The van der Waals surface area contributed by atoms with E-state index < -0.39 is 41.2 Å². The van der Waals surface area contributed by atoms with Crippen LogP contribution in [0, 0.1) is 29.1 Å². The zero-order valence-corrected chi connectivity index (χ0v) is 6.67. The Morgan fingerprint density at radius 2 is 1.14 bits per heavy atom. The highest BCUT2D eigenvalue weighted by Gasteiger charge is 2.24. The van der Waals surface area contributed by atoms with Gasteiger partial charge in [-0.05, 0) is 6.54 Å². The summed E-state index contributed by atoms with van der Waals surface area (Å²) in [6.45, 7) is -0.647. The number of hydrogen-bond acceptors (Lipinski definition) is 1. The van der Waals surface area contributed by atoms with E-state index in [-0.39, 0.29) is 0 Å². The van der Waals surface area contributed by atoms with Crippen LogP contribution in [0.2, 0.25) is 0 Å². The fraction of sp³-hybridized carbons (Fsp3) is 0.143. The molecule has 0 heterocycles. The van der Waals surface area contributed by atoms with Crippen molar-refractivity contribution in [2.45, 2.75) is 6.54 Å². The fourth-order valence-corrected chi connectivity index (χ4v) is 0.908. The molecule has 7 heteroatoms. The molecule has 1 aromatic carbocycles. The normalized spacial score (nSPS) is 10.7. The molecule has 0 aliphatic heterocycles. The molecule has 0 bridgehead atoms. The third kappa shape index (κ3) is 1.59. The average Bonchev–Trinajstić information content (AvgIpc) is 2.19. The zero-order chi connectivity index (χ0) is 10.9. The van der Waals surface area contributed by atoms with Crippen LogP contribution in [0.4, 0.5) is 22.0 Å². The lowest BCUT2D eigenvalue weighted by molar-refractivity contribution is 0.369. The van der Waals surface area contributed by atoms with Crippen molar-refractivity contribution in [1.82, 2.24) is 5.23 Å². The molecule has 0 fully saturated rings. The van der Waals surface area contributed by atoms with Gasteiger partial charge < -0.3 is 13.2 Å². The monoisotopic (exact) mass is 207 g/mol. The molecule has 0 unspecified atom stereocenters. The lowest BCUT2D eigenvalue weighted by Gasteiger charge is -2.12. The van der Waals surface area contributed by atoms with Gasteiger partial charge in [-0.25, -0.2) is 22.0 Å². The molecule has 0 saturated heterocycles. The first-order chi connectivity index (χ1) is 6.50. The predicted octanol–water partition coefficient (Wildman–Crippen LogP) is 1.56. The summed E-state index contributed by atoms with van der Waals surface area (Å²) in [6, 6.07) is 0. The molecule has 3 radical (unpaired) electrons. The van der Waals surface area contributed by atoms with E-state index in [4.69, 9.17) is 7.98 Å². The highest BCUT2D eigenvalue weighted by molar-refractivity contribution is 6.04. The number of nitrogens with one attached hydrogen (secondary N) is 1. The molecule has 0 aromatic heterocycles. The Labute approximate surface area is 77.3 Å². The molecule has 0 spiro atoms. The van der Waals surface area contributed by atoms with Gasteiger partial charge in [-0.3, -0.25) is 0 Å². The van der Waals surface area contributed by atoms with Crippen molar-refractivity contribution >= 4 is 7.98 Å². The summed E-state index contributed by atoms with van der Waals surface area (Å²) in [6.07, 6.45) is 0. The number of benzene rings is 1. The van der Waals surface area contributed by atoms with E-state index >= 15 is 0 Å². The standard InChI is InChI=1S/C7H3BF5N/c8-14-1-2-3(9)5(11)7(13)6(12)4(2)10/h14H,1H2/q-1. The van der Waals surface area contributed by atoms with Crippen LogP contribution in [-0.2, 0) is 6.54 Å². The van der Waals surface area contributed by atoms with Gasteiger partial charge in [0.1, 0.15) is 0 Å². The Morgan fingerprint density at radius 3 is 1.50 bits per heavy atom. The molecule has 1 rings (SSSR count). The Morgan fingerprint density at radius 1 is 0.786 bits per heavy atom. The lowest BCUT2D eigenvalue weighted by atomic mass is 10.1. The van der Waals surface area contributed by atoms with Crippen LogP contribution in [-0.4, -0.2) is 7.98 Å². The van der Waals surface area contributed by atoms with Gasteiger partial charge >= 0.3 is 0 Å². The molecule has 1 aromatic rings. The highest BCUT2D eigenvalue weighted by Crippen LogP contribution is 2.22. The highest BCUT2D eigenvalue weighted by atomic mass is 19.2. The molecule has 1 nitrogen and oxygen atoms in total. The van der Waals surface area contributed by atoms with Gasteiger partial charge in [-0.1, -0.05) is 0 Å². The minimum atomic E-state index is -2.18. The van der Waals surface area contributed by atoms with Crippen LogP contribution in [0.15, 0.2) is 0 Å². The maximum atomic E-state index is 12.8. The van der Waals surface area contributed by atoms with Crippen molar-refractivity contribution in [2.24, 2.45) is 0 Å². The van der Waals surface area contributed by atoms with Crippen LogP contribution in [0.5, 0.6) is 0 Å². The van der Waals surface area contributed by atoms with E-state index in [0.717, 1.165) is 0 Å². The molecule has 14 heavy (non-hydrogen) atoms. The predicted molar refractivity (Wildman–Crippen MR) is 38.8 cm³/mol. The summed E-state index contributed by atoms with van der Waals surface area (Å²) in [5.41, 5.74) is -0.983. The van der Waals surface area contributed by atoms with Gasteiger partial charge in [0.15, 0.2) is 23.3 Å². The maximum Gasteiger partial charge on any atom is 0.200 e. The topological polar surface area (TPSA) is 12.0 Å². The first kappa shape index (κ1) is 11.0. The van der Waals surface area contributed by atoms with E-state index in [1.165, 1.54) is 0 Å². The van der Waals surface area contributed by atoms with Crippen LogP contribution in [0.25, 0.3) is 0 Å². The first-order valence-corrected chi connectivity index (χ1v) is 3.44. The molecule has 0 saturated carbocycles. The number of hydrogen-bond donors (Lipinski definition) is 1. The van der Waals surface area contributed by atoms with Crippen molar-refractivity contribution in [3.05, 3.63) is 34.6 Å². The number of halogens is 5.